The average Bonchev–Trinajstić information content (AvgIpc) is 2.44. The van der Waals surface area contributed by atoms with Gasteiger partial charge in [-0.05, 0) is 30.2 Å². The maximum atomic E-state index is 12.2. The summed E-state index contributed by atoms with van der Waals surface area (Å²) in [5.74, 6) is -1.15. The van der Waals surface area contributed by atoms with Crippen molar-refractivity contribution in [2.45, 2.75) is 19.8 Å². The van der Waals surface area contributed by atoms with Gasteiger partial charge in [0.15, 0.2) is 11.5 Å². The highest BCUT2D eigenvalue weighted by atomic mass is 16.3. The molecule has 2 aromatic carbocycles. The largest absolute Gasteiger partial charge is 0.504 e. The third-order valence-corrected chi connectivity index (χ3v) is 3.04. The number of rotatable bonds is 4. The second kappa shape index (κ2) is 6.10. The Bertz CT molecular complexity index is 623. The molecule has 3 N–H and O–H groups in total. The van der Waals surface area contributed by atoms with Crippen molar-refractivity contribution in [3.05, 3.63) is 53.6 Å². The smallest absolute Gasteiger partial charge is 0.259 e. The molecule has 0 unspecified atom stereocenters. The van der Waals surface area contributed by atoms with E-state index in [4.69, 9.17) is 0 Å². The summed E-state index contributed by atoms with van der Waals surface area (Å²) in [6.07, 6.45) is 1.84. The number of benzene rings is 2. The van der Waals surface area contributed by atoms with Crippen molar-refractivity contribution in [2.24, 2.45) is 0 Å². The maximum absolute atomic E-state index is 12.2. The highest BCUT2D eigenvalue weighted by Crippen LogP contribution is 2.29. The van der Waals surface area contributed by atoms with E-state index in [9.17, 15) is 15.0 Å². The number of phenols is 2. The highest BCUT2D eigenvalue weighted by molar-refractivity contribution is 6.06. The molecule has 0 saturated carbocycles. The van der Waals surface area contributed by atoms with Gasteiger partial charge in [-0.15, -0.1) is 0 Å². The molecule has 0 bridgehead atoms. The first-order valence-electron chi connectivity index (χ1n) is 6.53. The lowest BCUT2D eigenvalue weighted by molar-refractivity contribution is 0.102. The number of carbonyl (C=O) groups excluding carboxylic acids is 1. The first-order valence-corrected chi connectivity index (χ1v) is 6.53. The minimum Gasteiger partial charge on any atom is -0.504 e. The van der Waals surface area contributed by atoms with Crippen LogP contribution in [0.5, 0.6) is 11.5 Å². The summed E-state index contributed by atoms with van der Waals surface area (Å²) in [6.45, 7) is 2.07. The predicted octanol–water partition coefficient (Wildman–Crippen LogP) is 3.30. The Morgan fingerprint density at radius 1 is 1.10 bits per heavy atom. The summed E-state index contributed by atoms with van der Waals surface area (Å²) in [6, 6.07) is 11.9. The quantitative estimate of drug-likeness (QED) is 0.747. The molecular formula is C16H17NO3. The number of hydrogen-bond donors (Lipinski definition) is 3. The molecule has 0 fully saturated rings. The van der Waals surface area contributed by atoms with Gasteiger partial charge in [-0.25, -0.2) is 0 Å². The van der Waals surface area contributed by atoms with Crippen LogP contribution in [0.15, 0.2) is 42.5 Å². The van der Waals surface area contributed by atoms with Crippen LogP contribution in [0.2, 0.25) is 0 Å². The van der Waals surface area contributed by atoms with Gasteiger partial charge < -0.3 is 15.5 Å². The molecule has 0 aliphatic rings. The highest BCUT2D eigenvalue weighted by Gasteiger charge is 2.15. The average molecular weight is 271 g/mol. The van der Waals surface area contributed by atoms with E-state index in [1.54, 1.807) is 0 Å². The number of aromatic hydroxyl groups is 2. The van der Waals surface area contributed by atoms with Crippen LogP contribution in [0.1, 0.15) is 29.3 Å². The van der Waals surface area contributed by atoms with Crippen LogP contribution >= 0.6 is 0 Å². The molecule has 0 atom stereocenters. The van der Waals surface area contributed by atoms with E-state index >= 15 is 0 Å². The minimum absolute atomic E-state index is 0.0521. The fourth-order valence-electron chi connectivity index (χ4n) is 2.03. The molecule has 4 nitrogen and oxygen atoms in total. The number of aryl methyl sites for hydroxylation is 1. The second-order valence-electron chi connectivity index (χ2n) is 4.53. The van der Waals surface area contributed by atoms with Crippen LogP contribution < -0.4 is 5.32 Å². The molecule has 2 rings (SSSR count). The summed E-state index contributed by atoms with van der Waals surface area (Å²) < 4.78 is 0. The van der Waals surface area contributed by atoms with Gasteiger partial charge in [0.1, 0.15) is 0 Å². The molecule has 4 heteroatoms. The van der Waals surface area contributed by atoms with Crippen LogP contribution in [0.25, 0.3) is 0 Å². The van der Waals surface area contributed by atoms with Gasteiger partial charge in [-0.1, -0.05) is 37.6 Å². The third-order valence-electron chi connectivity index (χ3n) is 3.04. The third kappa shape index (κ3) is 2.91. The Kier molecular flexibility index (Phi) is 4.25. The van der Waals surface area contributed by atoms with E-state index in [0.29, 0.717) is 0 Å². The summed E-state index contributed by atoms with van der Waals surface area (Å²) in [7, 11) is 0. The second-order valence-corrected chi connectivity index (χ2v) is 4.53. The van der Waals surface area contributed by atoms with E-state index in [-0.39, 0.29) is 11.3 Å². The maximum Gasteiger partial charge on any atom is 0.259 e. The molecule has 20 heavy (non-hydrogen) atoms. The van der Waals surface area contributed by atoms with E-state index in [1.165, 1.54) is 18.2 Å². The normalized spacial score (nSPS) is 10.2. The lowest BCUT2D eigenvalue weighted by Crippen LogP contribution is -2.13. The molecule has 104 valence electrons. The molecule has 0 heterocycles. The van der Waals surface area contributed by atoms with Crippen molar-refractivity contribution in [2.75, 3.05) is 5.32 Å². The van der Waals surface area contributed by atoms with Gasteiger partial charge in [0.25, 0.3) is 5.91 Å². The Labute approximate surface area is 117 Å². The fraction of sp³-hybridized carbons (Fsp3) is 0.188. The first kappa shape index (κ1) is 13.9. The van der Waals surface area contributed by atoms with Crippen molar-refractivity contribution in [1.82, 2.24) is 0 Å². The molecule has 0 radical (unpaired) electrons. The van der Waals surface area contributed by atoms with Crippen molar-refractivity contribution in [3.63, 3.8) is 0 Å². The zero-order valence-electron chi connectivity index (χ0n) is 11.3. The number of nitrogens with one attached hydrogen (secondary N) is 1. The van der Waals surface area contributed by atoms with Gasteiger partial charge in [0.2, 0.25) is 0 Å². The number of amides is 1. The first-order chi connectivity index (χ1) is 9.63. The molecule has 1 amide bonds. The Morgan fingerprint density at radius 2 is 1.85 bits per heavy atom. The number of para-hydroxylation sites is 2. The summed E-state index contributed by atoms with van der Waals surface area (Å²) >= 11 is 0. The predicted molar refractivity (Wildman–Crippen MR) is 78.2 cm³/mol. The van der Waals surface area contributed by atoms with E-state index in [1.807, 2.05) is 24.3 Å². The molecule has 2 aromatic rings. The lowest BCUT2D eigenvalue weighted by Gasteiger charge is -2.11. The van der Waals surface area contributed by atoms with Crippen LogP contribution in [0, 0.1) is 0 Å². The van der Waals surface area contributed by atoms with Gasteiger partial charge in [-0.2, -0.15) is 0 Å². The van der Waals surface area contributed by atoms with Gasteiger partial charge >= 0.3 is 0 Å². The zero-order chi connectivity index (χ0) is 14.5. The van der Waals surface area contributed by atoms with Crippen LogP contribution in [-0.4, -0.2) is 16.1 Å². The van der Waals surface area contributed by atoms with E-state index in [2.05, 4.69) is 12.2 Å². The molecule has 0 saturated heterocycles. The monoisotopic (exact) mass is 271 g/mol. The number of hydrogen-bond acceptors (Lipinski definition) is 3. The Balaban J connectivity index is 2.26. The minimum atomic E-state index is -0.443. The molecule has 0 spiro atoms. The van der Waals surface area contributed by atoms with Crippen molar-refractivity contribution in [1.29, 1.82) is 0 Å². The van der Waals surface area contributed by atoms with Gasteiger partial charge in [-0.3, -0.25) is 4.79 Å². The molecule has 0 aliphatic heterocycles. The Hall–Kier alpha value is -2.49. The molecular weight excluding hydrogens is 254 g/mol. The summed E-state index contributed by atoms with van der Waals surface area (Å²) in [4.78, 5) is 12.2. The van der Waals surface area contributed by atoms with Gasteiger partial charge in [0.05, 0.1) is 5.56 Å². The number of carbonyl (C=O) groups is 1. The lowest BCUT2D eigenvalue weighted by atomic mass is 10.1. The fourth-order valence-corrected chi connectivity index (χ4v) is 2.03. The van der Waals surface area contributed by atoms with Crippen molar-refractivity contribution < 1.29 is 15.0 Å². The van der Waals surface area contributed by atoms with E-state index < -0.39 is 11.7 Å². The van der Waals surface area contributed by atoms with Gasteiger partial charge in [0, 0.05) is 5.69 Å². The zero-order valence-corrected chi connectivity index (χ0v) is 11.3. The van der Waals surface area contributed by atoms with Crippen molar-refractivity contribution in [3.8, 4) is 11.5 Å². The summed E-state index contributed by atoms with van der Waals surface area (Å²) in [5.41, 5.74) is 1.82. The van der Waals surface area contributed by atoms with Crippen LogP contribution in [0.3, 0.4) is 0 Å². The number of anilines is 1. The van der Waals surface area contributed by atoms with Crippen molar-refractivity contribution >= 4 is 11.6 Å². The molecule has 0 aromatic heterocycles. The van der Waals surface area contributed by atoms with E-state index in [0.717, 1.165) is 24.1 Å². The Morgan fingerprint density at radius 3 is 2.60 bits per heavy atom. The summed E-state index contributed by atoms with van der Waals surface area (Å²) in [5, 5.41) is 21.9. The van der Waals surface area contributed by atoms with Crippen LogP contribution in [-0.2, 0) is 6.42 Å². The van der Waals surface area contributed by atoms with Crippen LogP contribution in [0.4, 0.5) is 5.69 Å². The SMILES string of the molecule is CCCc1ccccc1NC(=O)c1cccc(O)c1O. The molecule has 0 aliphatic carbocycles. The topological polar surface area (TPSA) is 69.6 Å². The standard InChI is InChI=1S/C16H17NO3/c1-2-6-11-7-3-4-9-13(11)17-16(20)12-8-5-10-14(18)15(12)19/h3-5,7-10,18-19H,2,6H2,1H3,(H,17,20). The number of phenolic OH excluding ortho intramolecular Hbond substituents is 2.